The minimum absolute atomic E-state index is 0.176. The van der Waals surface area contributed by atoms with Gasteiger partial charge in [-0.3, -0.25) is 0 Å². The van der Waals surface area contributed by atoms with Crippen LogP contribution in [0.2, 0.25) is 0 Å². The Bertz CT molecular complexity index is 445. The summed E-state index contributed by atoms with van der Waals surface area (Å²) in [7, 11) is -1.84. The summed E-state index contributed by atoms with van der Waals surface area (Å²) in [6.45, 7) is 0. The Hall–Kier alpha value is -1.85. The Labute approximate surface area is 93.3 Å². The van der Waals surface area contributed by atoms with Gasteiger partial charge in [0.1, 0.15) is 0 Å². The topological polar surface area (TPSA) is 62.6 Å². The molecule has 0 saturated heterocycles. The van der Waals surface area contributed by atoms with E-state index < -0.39 is 7.32 Å². The molecule has 0 aliphatic heterocycles. The molecule has 5 heteroatoms. The van der Waals surface area contributed by atoms with Crippen LogP contribution in [0.4, 0.5) is 0 Å². The maximum absolute atomic E-state index is 8.59. The number of hydrogen-bond acceptors (Lipinski definition) is 4. The summed E-state index contributed by atoms with van der Waals surface area (Å²) in [5.74, 6) is 0.176. The lowest BCUT2D eigenvalue weighted by molar-refractivity contribution is 0.283. The standard InChI is InChI=1S/C11H10BNO3/c14-12(15)16-11-7-6-10(8-13-11)9-4-2-1-3-5-9/h1-8,14-15H. The number of pyridine rings is 1. The summed E-state index contributed by atoms with van der Waals surface area (Å²) >= 11 is 0. The van der Waals surface area contributed by atoms with Crippen LogP contribution in [0.15, 0.2) is 48.7 Å². The van der Waals surface area contributed by atoms with Crippen LogP contribution >= 0.6 is 0 Å². The Morgan fingerprint density at radius 1 is 0.938 bits per heavy atom. The summed E-state index contributed by atoms with van der Waals surface area (Å²) in [4.78, 5) is 3.95. The van der Waals surface area contributed by atoms with E-state index in [2.05, 4.69) is 9.64 Å². The highest BCUT2D eigenvalue weighted by atomic mass is 16.6. The van der Waals surface area contributed by atoms with E-state index in [1.807, 2.05) is 30.3 Å². The zero-order valence-corrected chi connectivity index (χ0v) is 8.45. The molecule has 0 bridgehead atoms. The summed E-state index contributed by atoms with van der Waals surface area (Å²) in [5.41, 5.74) is 1.99. The molecule has 2 aromatic rings. The third-order valence-electron chi connectivity index (χ3n) is 2.07. The van der Waals surface area contributed by atoms with Gasteiger partial charge in [-0.1, -0.05) is 30.3 Å². The minimum atomic E-state index is -1.84. The highest BCUT2D eigenvalue weighted by molar-refractivity contribution is 6.33. The summed E-state index contributed by atoms with van der Waals surface area (Å²) in [6, 6.07) is 13.2. The van der Waals surface area contributed by atoms with Gasteiger partial charge in [0.2, 0.25) is 0 Å². The molecule has 16 heavy (non-hydrogen) atoms. The fourth-order valence-corrected chi connectivity index (χ4v) is 1.36. The predicted octanol–water partition coefficient (Wildman–Crippen LogP) is 1.10. The van der Waals surface area contributed by atoms with Gasteiger partial charge in [-0.15, -0.1) is 0 Å². The van der Waals surface area contributed by atoms with Gasteiger partial charge in [0, 0.05) is 11.8 Å². The van der Waals surface area contributed by atoms with Gasteiger partial charge in [-0.05, 0) is 17.7 Å². The van der Waals surface area contributed by atoms with E-state index in [0.29, 0.717) is 0 Å². The van der Waals surface area contributed by atoms with Gasteiger partial charge < -0.3 is 14.7 Å². The maximum Gasteiger partial charge on any atom is 0.708 e. The van der Waals surface area contributed by atoms with E-state index in [1.54, 1.807) is 18.3 Å². The number of rotatable bonds is 3. The SMILES string of the molecule is OB(O)Oc1ccc(-c2ccccc2)cn1. The van der Waals surface area contributed by atoms with Crippen LogP contribution in [0.25, 0.3) is 11.1 Å². The summed E-state index contributed by atoms with van der Waals surface area (Å²) in [6.07, 6.45) is 1.62. The van der Waals surface area contributed by atoms with Crippen LogP contribution in [0.1, 0.15) is 0 Å². The molecule has 1 heterocycles. The normalized spacial score (nSPS) is 9.88. The maximum atomic E-state index is 8.59. The Morgan fingerprint density at radius 2 is 1.69 bits per heavy atom. The molecule has 0 aliphatic rings. The van der Waals surface area contributed by atoms with Gasteiger partial charge in [-0.25, -0.2) is 4.98 Å². The van der Waals surface area contributed by atoms with Gasteiger partial charge in [0.15, 0.2) is 5.88 Å². The number of aromatic nitrogens is 1. The molecule has 2 N–H and O–H groups in total. The monoisotopic (exact) mass is 215 g/mol. The van der Waals surface area contributed by atoms with Crippen LogP contribution in [-0.4, -0.2) is 22.4 Å². The van der Waals surface area contributed by atoms with Gasteiger partial charge in [0.25, 0.3) is 0 Å². The average Bonchev–Trinajstić information content (AvgIpc) is 2.30. The van der Waals surface area contributed by atoms with Crippen molar-refractivity contribution in [2.75, 3.05) is 0 Å². The second kappa shape index (κ2) is 4.78. The highest BCUT2D eigenvalue weighted by Crippen LogP contribution is 2.19. The van der Waals surface area contributed by atoms with E-state index in [0.717, 1.165) is 11.1 Å². The highest BCUT2D eigenvalue weighted by Gasteiger charge is 2.11. The van der Waals surface area contributed by atoms with Crippen molar-refractivity contribution in [3.8, 4) is 17.0 Å². The zero-order valence-electron chi connectivity index (χ0n) is 8.45. The fraction of sp³-hybridized carbons (Fsp3) is 0. The van der Waals surface area contributed by atoms with Crippen LogP contribution < -0.4 is 4.65 Å². The Kier molecular flexibility index (Phi) is 3.19. The lowest BCUT2D eigenvalue weighted by Gasteiger charge is -2.04. The summed E-state index contributed by atoms with van der Waals surface area (Å²) < 4.78 is 4.61. The van der Waals surface area contributed by atoms with Crippen molar-refractivity contribution in [1.82, 2.24) is 4.98 Å². The van der Waals surface area contributed by atoms with Crippen molar-refractivity contribution in [2.24, 2.45) is 0 Å². The molecular weight excluding hydrogens is 205 g/mol. The third kappa shape index (κ3) is 2.59. The van der Waals surface area contributed by atoms with E-state index >= 15 is 0 Å². The molecule has 1 aromatic heterocycles. The van der Waals surface area contributed by atoms with Gasteiger partial charge in [-0.2, -0.15) is 0 Å². The molecule has 0 aliphatic carbocycles. The van der Waals surface area contributed by atoms with Gasteiger partial charge in [0.05, 0.1) is 0 Å². The number of benzene rings is 1. The predicted molar refractivity (Wildman–Crippen MR) is 60.5 cm³/mol. The van der Waals surface area contributed by atoms with E-state index in [1.165, 1.54) is 0 Å². The molecule has 1 aromatic carbocycles. The van der Waals surface area contributed by atoms with Crippen molar-refractivity contribution in [1.29, 1.82) is 0 Å². The molecule has 0 spiro atoms. The summed E-state index contributed by atoms with van der Waals surface area (Å²) in [5, 5.41) is 17.2. The molecule has 0 fully saturated rings. The second-order valence-corrected chi connectivity index (χ2v) is 3.20. The third-order valence-corrected chi connectivity index (χ3v) is 2.07. The minimum Gasteiger partial charge on any atom is -0.498 e. The lowest BCUT2D eigenvalue weighted by Crippen LogP contribution is -2.21. The molecule has 80 valence electrons. The zero-order chi connectivity index (χ0) is 11.4. The van der Waals surface area contributed by atoms with Crippen molar-refractivity contribution in [2.45, 2.75) is 0 Å². The van der Waals surface area contributed by atoms with Crippen LogP contribution in [0, 0.1) is 0 Å². The molecular formula is C11H10BNO3. The van der Waals surface area contributed by atoms with Crippen molar-refractivity contribution in [3.63, 3.8) is 0 Å². The van der Waals surface area contributed by atoms with Crippen LogP contribution in [-0.2, 0) is 0 Å². The van der Waals surface area contributed by atoms with Crippen molar-refractivity contribution >= 4 is 7.32 Å². The lowest BCUT2D eigenvalue weighted by atomic mass is 10.1. The molecule has 0 unspecified atom stereocenters. The first-order valence-electron chi connectivity index (χ1n) is 4.80. The largest absolute Gasteiger partial charge is 0.708 e. The number of hydrogen-bond donors (Lipinski definition) is 2. The van der Waals surface area contributed by atoms with E-state index in [4.69, 9.17) is 10.0 Å². The first-order chi connectivity index (χ1) is 7.75. The Balaban J connectivity index is 2.20. The van der Waals surface area contributed by atoms with Crippen LogP contribution in [0.3, 0.4) is 0 Å². The molecule has 0 radical (unpaired) electrons. The molecule has 4 nitrogen and oxygen atoms in total. The second-order valence-electron chi connectivity index (χ2n) is 3.20. The van der Waals surface area contributed by atoms with Crippen molar-refractivity contribution in [3.05, 3.63) is 48.7 Å². The van der Waals surface area contributed by atoms with E-state index in [-0.39, 0.29) is 5.88 Å². The molecule has 0 amide bonds. The molecule has 0 saturated carbocycles. The number of nitrogens with zero attached hydrogens (tertiary/aromatic N) is 1. The van der Waals surface area contributed by atoms with Crippen LogP contribution in [0.5, 0.6) is 5.88 Å². The smallest absolute Gasteiger partial charge is 0.498 e. The Morgan fingerprint density at radius 3 is 2.25 bits per heavy atom. The quantitative estimate of drug-likeness (QED) is 0.752. The van der Waals surface area contributed by atoms with Crippen molar-refractivity contribution < 1.29 is 14.7 Å². The van der Waals surface area contributed by atoms with Gasteiger partial charge >= 0.3 is 7.32 Å². The first kappa shape index (κ1) is 10.7. The average molecular weight is 215 g/mol. The van der Waals surface area contributed by atoms with E-state index in [9.17, 15) is 0 Å². The fourth-order valence-electron chi connectivity index (χ4n) is 1.36. The molecule has 2 rings (SSSR count). The molecule has 0 atom stereocenters. The first-order valence-corrected chi connectivity index (χ1v) is 4.80.